The number of ether oxygens (including phenoxy) is 1. The number of hydrogen-bond acceptors (Lipinski definition) is 3. The Morgan fingerprint density at radius 3 is 2.82 bits per heavy atom. The van der Waals surface area contributed by atoms with Crippen molar-refractivity contribution in [1.82, 2.24) is 5.32 Å². The molecular formula is C18H15NO3. The van der Waals surface area contributed by atoms with Crippen LogP contribution in [0.3, 0.4) is 0 Å². The first-order valence-electron chi connectivity index (χ1n) is 7.32. The maximum Gasteiger partial charge on any atom is 0.287 e. The minimum atomic E-state index is -0.196. The van der Waals surface area contributed by atoms with Crippen LogP contribution in [0, 0.1) is 0 Å². The monoisotopic (exact) mass is 293 g/mol. The lowest BCUT2D eigenvalue weighted by atomic mass is 10.0. The van der Waals surface area contributed by atoms with E-state index in [1.807, 2.05) is 48.5 Å². The molecule has 4 heteroatoms. The van der Waals surface area contributed by atoms with E-state index in [9.17, 15) is 4.79 Å². The normalized spacial score (nSPS) is 16.8. The summed E-state index contributed by atoms with van der Waals surface area (Å²) in [6.45, 7) is 0.599. The topological polar surface area (TPSA) is 51.5 Å². The first-order valence-corrected chi connectivity index (χ1v) is 7.32. The van der Waals surface area contributed by atoms with Crippen molar-refractivity contribution in [2.75, 3.05) is 6.61 Å². The number of benzene rings is 2. The molecule has 0 saturated carbocycles. The molecule has 0 saturated heterocycles. The van der Waals surface area contributed by atoms with Crippen LogP contribution in [-0.2, 0) is 0 Å². The first kappa shape index (κ1) is 13.0. The van der Waals surface area contributed by atoms with E-state index < -0.39 is 0 Å². The summed E-state index contributed by atoms with van der Waals surface area (Å²) in [5, 5.41) is 3.97. The standard InChI is InChI=1S/C18H15NO3/c20-18(17-11-12-5-1-3-7-15(12)22-17)19-14-9-10-21-16-8-4-2-6-13(14)16/h1-8,11,14H,9-10H2,(H,19,20)/t14-/m1/s1. The van der Waals surface area contributed by atoms with Crippen molar-refractivity contribution < 1.29 is 13.9 Å². The largest absolute Gasteiger partial charge is 0.493 e. The molecule has 0 radical (unpaired) electrons. The van der Waals surface area contributed by atoms with E-state index in [0.717, 1.165) is 28.7 Å². The number of nitrogens with one attached hydrogen (secondary N) is 1. The molecule has 1 N–H and O–H groups in total. The second kappa shape index (κ2) is 5.22. The van der Waals surface area contributed by atoms with Gasteiger partial charge in [-0.3, -0.25) is 4.79 Å². The van der Waals surface area contributed by atoms with Crippen LogP contribution in [0.1, 0.15) is 28.6 Å². The molecule has 110 valence electrons. The van der Waals surface area contributed by atoms with Crippen molar-refractivity contribution in [2.24, 2.45) is 0 Å². The molecule has 0 unspecified atom stereocenters. The fourth-order valence-corrected chi connectivity index (χ4v) is 2.82. The Labute approximate surface area is 127 Å². The SMILES string of the molecule is O=C(N[C@@H]1CCOc2ccccc21)c1cc2ccccc2o1. The highest BCUT2D eigenvalue weighted by Gasteiger charge is 2.24. The van der Waals surface area contributed by atoms with Crippen LogP contribution in [0.4, 0.5) is 0 Å². The number of carbonyl (C=O) groups is 1. The van der Waals surface area contributed by atoms with E-state index in [1.54, 1.807) is 6.07 Å². The average Bonchev–Trinajstić information content (AvgIpc) is 2.99. The minimum Gasteiger partial charge on any atom is -0.493 e. The lowest BCUT2D eigenvalue weighted by molar-refractivity contribution is 0.0899. The summed E-state index contributed by atoms with van der Waals surface area (Å²) in [5.74, 6) is 0.978. The number of hydrogen-bond donors (Lipinski definition) is 1. The number of amides is 1. The van der Waals surface area contributed by atoms with Gasteiger partial charge < -0.3 is 14.5 Å². The second-order valence-electron chi connectivity index (χ2n) is 5.35. The molecule has 0 fully saturated rings. The van der Waals surface area contributed by atoms with Crippen LogP contribution in [0.2, 0.25) is 0 Å². The second-order valence-corrected chi connectivity index (χ2v) is 5.35. The zero-order chi connectivity index (χ0) is 14.9. The number of furan rings is 1. The highest BCUT2D eigenvalue weighted by molar-refractivity contribution is 5.96. The maximum absolute atomic E-state index is 12.4. The summed E-state index contributed by atoms with van der Waals surface area (Å²) in [4.78, 5) is 12.4. The van der Waals surface area contributed by atoms with Gasteiger partial charge in [-0.2, -0.15) is 0 Å². The number of para-hydroxylation sites is 2. The molecule has 1 atom stereocenters. The van der Waals surface area contributed by atoms with E-state index in [2.05, 4.69) is 5.32 Å². The predicted molar refractivity (Wildman–Crippen MR) is 83.0 cm³/mol. The van der Waals surface area contributed by atoms with E-state index in [4.69, 9.17) is 9.15 Å². The molecule has 1 amide bonds. The summed E-state index contributed by atoms with van der Waals surface area (Å²) in [6, 6.07) is 17.1. The Morgan fingerprint density at radius 2 is 1.91 bits per heavy atom. The van der Waals surface area contributed by atoms with Gasteiger partial charge in [-0.15, -0.1) is 0 Å². The van der Waals surface area contributed by atoms with E-state index >= 15 is 0 Å². The van der Waals surface area contributed by atoms with Gasteiger partial charge in [0.05, 0.1) is 12.6 Å². The van der Waals surface area contributed by atoms with Crippen LogP contribution < -0.4 is 10.1 Å². The van der Waals surface area contributed by atoms with Gasteiger partial charge in [0.25, 0.3) is 5.91 Å². The van der Waals surface area contributed by atoms with Crippen LogP contribution in [-0.4, -0.2) is 12.5 Å². The fraction of sp³-hybridized carbons (Fsp3) is 0.167. The van der Waals surface area contributed by atoms with Gasteiger partial charge in [-0.05, 0) is 18.2 Å². The van der Waals surface area contributed by atoms with Crippen molar-refractivity contribution >= 4 is 16.9 Å². The summed E-state index contributed by atoms with van der Waals surface area (Å²) in [5.41, 5.74) is 1.73. The number of rotatable bonds is 2. The Kier molecular flexibility index (Phi) is 3.07. The molecule has 2 aromatic carbocycles. The summed E-state index contributed by atoms with van der Waals surface area (Å²) in [7, 11) is 0. The maximum atomic E-state index is 12.4. The predicted octanol–water partition coefficient (Wildman–Crippen LogP) is 3.69. The van der Waals surface area contributed by atoms with Gasteiger partial charge >= 0.3 is 0 Å². The molecule has 1 aliphatic heterocycles. The van der Waals surface area contributed by atoms with E-state index in [0.29, 0.717) is 12.4 Å². The smallest absolute Gasteiger partial charge is 0.287 e. The molecule has 0 bridgehead atoms. The first-order chi connectivity index (χ1) is 10.8. The van der Waals surface area contributed by atoms with Gasteiger partial charge in [0.1, 0.15) is 11.3 Å². The molecule has 2 heterocycles. The third-order valence-corrected chi connectivity index (χ3v) is 3.91. The van der Waals surface area contributed by atoms with Crippen molar-refractivity contribution in [3.8, 4) is 5.75 Å². The van der Waals surface area contributed by atoms with Crippen molar-refractivity contribution in [2.45, 2.75) is 12.5 Å². The van der Waals surface area contributed by atoms with Gasteiger partial charge in [0.2, 0.25) is 0 Å². The average molecular weight is 293 g/mol. The highest BCUT2D eigenvalue weighted by Crippen LogP contribution is 2.32. The quantitative estimate of drug-likeness (QED) is 0.784. The molecule has 4 rings (SSSR count). The lowest BCUT2D eigenvalue weighted by Crippen LogP contribution is -2.31. The Bertz CT molecular complexity index is 804. The summed E-state index contributed by atoms with van der Waals surface area (Å²) >= 11 is 0. The van der Waals surface area contributed by atoms with Crippen LogP contribution in [0.15, 0.2) is 59.0 Å². The lowest BCUT2D eigenvalue weighted by Gasteiger charge is -2.26. The van der Waals surface area contributed by atoms with Crippen LogP contribution >= 0.6 is 0 Å². The minimum absolute atomic E-state index is 0.0503. The van der Waals surface area contributed by atoms with Gasteiger partial charge in [-0.25, -0.2) is 0 Å². The number of fused-ring (bicyclic) bond motifs is 2. The van der Waals surface area contributed by atoms with E-state index in [-0.39, 0.29) is 11.9 Å². The Balaban J connectivity index is 1.60. The summed E-state index contributed by atoms with van der Waals surface area (Å²) < 4.78 is 11.2. The fourth-order valence-electron chi connectivity index (χ4n) is 2.82. The molecule has 3 aromatic rings. The number of carbonyl (C=O) groups excluding carboxylic acids is 1. The molecular weight excluding hydrogens is 278 g/mol. The van der Waals surface area contributed by atoms with Gasteiger partial charge in [-0.1, -0.05) is 36.4 Å². The zero-order valence-corrected chi connectivity index (χ0v) is 11.9. The molecule has 1 aliphatic rings. The van der Waals surface area contributed by atoms with Crippen molar-refractivity contribution in [3.05, 3.63) is 65.9 Å². The molecule has 4 nitrogen and oxygen atoms in total. The van der Waals surface area contributed by atoms with Crippen LogP contribution in [0.25, 0.3) is 11.0 Å². The van der Waals surface area contributed by atoms with E-state index in [1.165, 1.54) is 0 Å². The third-order valence-electron chi connectivity index (χ3n) is 3.91. The van der Waals surface area contributed by atoms with Gasteiger partial charge in [0.15, 0.2) is 5.76 Å². The molecule has 22 heavy (non-hydrogen) atoms. The highest BCUT2D eigenvalue weighted by atomic mass is 16.5. The van der Waals surface area contributed by atoms with Gasteiger partial charge in [0, 0.05) is 17.4 Å². The molecule has 1 aromatic heterocycles. The Morgan fingerprint density at radius 1 is 1.09 bits per heavy atom. The molecule has 0 spiro atoms. The van der Waals surface area contributed by atoms with Crippen molar-refractivity contribution in [1.29, 1.82) is 0 Å². The zero-order valence-electron chi connectivity index (χ0n) is 11.9. The Hall–Kier alpha value is -2.75. The third kappa shape index (κ3) is 2.22. The van der Waals surface area contributed by atoms with Crippen LogP contribution in [0.5, 0.6) is 5.75 Å². The summed E-state index contributed by atoms with van der Waals surface area (Å²) in [6.07, 6.45) is 0.753. The van der Waals surface area contributed by atoms with Crippen molar-refractivity contribution in [3.63, 3.8) is 0 Å². The molecule has 0 aliphatic carbocycles.